The van der Waals surface area contributed by atoms with E-state index in [0.29, 0.717) is 17.6 Å². The van der Waals surface area contributed by atoms with E-state index in [9.17, 15) is 14.6 Å². The Morgan fingerprint density at radius 1 is 0.667 bits per heavy atom. The van der Waals surface area contributed by atoms with Crippen molar-refractivity contribution >= 4 is 7.82 Å². The van der Waals surface area contributed by atoms with Crippen LogP contribution in [0.2, 0.25) is 0 Å². The van der Waals surface area contributed by atoms with E-state index in [4.69, 9.17) is 13.8 Å². The van der Waals surface area contributed by atoms with Gasteiger partial charge < -0.3 is 28.3 Å². The standard InChI is InChI=1S/C28H60NO6P/c1-5-6-7-8-9-10-11-12-13-14-15-16-17-18-19-20-21-22-24-33-26-28(30)27-35-36(31,32)34-25-23-29(2,3)4/h28,30H,5-27H2,1-4H3. The third kappa shape index (κ3) is 28.6. The second kappa shape index (κ2) is 24.1. The van der Waals surface area contributed by atoms with Crippen LogP contribution in [-0.2, 0) is 18.3 Å². The van der Waals surface area contributed by atoms with Gasteiger partial charge in [0.1, 0.15) is 19.3 Å². The summed E-state index contributed by atoms with van der Waals surface area (Å²) in [5, 5.41) is 9.85. The molecule has 0 spiro atoms. The molecule has 0 saturated heterocycles. The summed E-state index contributed by atoms with van der Waals surface area (Å²) in [4.78, 5) is 11.7. The highest BCUT2D eigenvalue weighted by molar-refractivity contribution is 7.45. The average molecular weight is 538 g/mol. The van der Waals surface area contributed by atoms with Gasteiger partial charge in [-0.1, -0.05) is 116 Å². The molecule has 0 heterocycles. The zero-order chi connectivity index (χ0) is 27.0. The van der Waals surface area contributed by atoms with E-state index in [1.165, 1.54) is 103 Å². The molecule has 0 rings (SSSR count). The number of aliphatic hydroxyl groups excluding tert-OH is 1. The van der Waals surface area contributed by atoms with Crippen molar-refractivity contribution in [2.75, 3.05) is 54.1 Å². The lowest BCUT2D eigenvalue weighted by atomic mass is 10.0. The van der Waals surface area contributed by atoms with Crippen molar-refractivity contribution in [3.05, 3.63) is 0 Å². The van der Waals surface area contributed by atoms with Crippen LogP contribution in [0.5, 0.6) is 0 Å². The molecule has 0 bridgehead atoms. The Bertz CT molecular complexity index is 515. The summed E-state index contributed by atoms with van der Waals surface area (Å²) in [6, 6.07) is 0. The average Bonchev–Trinajstić information content (AvgIpc) is 2.80. The number of phosphoric ester groups is 1. The molecular formula is C28H60NO6P. The number of aliphatic hydroxyl groups is 1. The summed E-state index contributed by atoms with van der Waals surface area (Å²) in [7, 11) is 1.45. The van der Waals surface area contributed by atoms with Crippen LogP contribution in [0, 0.1) is 0 Å². The second-order valence-corrected chi connectivity index (χ2v) is 12.7. The third-order valence-electron chi connectivity index (χ3n) is 6.39. The molecule has 0 aliphatic heterocycles. The zero-order valence-electron chi connectivity index (χ0n) is 24.2. The van der Waals surface area contributed by atoms with Gasteiger partial charge in [0.2, 0.25) is 0 Å². The summed E-state index contributed by atoms with van der Waals surface area (Å²) < 4.78 is 27.3. The van der Waals surface area contributed by atoms with Crippen molar-refractivity contribution in [2.45, 2.75) is 129 Å². The van der Waals surface area contributed by atoms with Crippen LogP contribution in [-0.4, -0.2) is 69.8 Å². The van der Waals surface area contributed by atoms with Gasteiger partial charge in [0.15, 0.2) is 0 Å². The van der Waals surface area contributed by atoms with E-state index in [0.717, 1.165) is 12.8 Å². The Balaban J connectivity index is 3.34. The van der Waals surface area contributed by atoms with Gasteiger partial charge in [-0.15, -0.1) is 0 Å². The first kappa shape index (κ1) is 36.0. The molecule has 0 aromatic carbocycles. The number of phosphoric acid groups is 1. The maximum Gasteiger partial charge on any atom is 0.268 e. The molecule has 0 amide bonds. The quantitative estimate of drug-likeness (QED) is 0.0686. The molecule has 0 fully saturated rings. The summed E-state index contributed by atoms with van der Waals surface area (Å²) in [5.74, 6) is 0. The Labute approximate surface area is 223 Å². The van der Waals surface area contributed by atoms with Crippen molar-refractivity contribution in [3.63, 3.8) is 0 Å². The predicted molar refractivity (Wildman–Crippen MR) is 148 cm³/mol. The van der Waals surface area contributed by atoms with Crippen molar-refractivity contribution < 1.29 is 32.8 Å². The van der Waals surface area contributed by atoms with Crippen molar-refractivity contribution in [1.29, 1.82) is 0 Å². The maximum atomic E-state index is 11.7. The van der Waals surface area contributed by atoms with Crippen LogP contribution in [0.1, 0.15) is 122 Å². The number of ether oxygens (including phenoxy) is 1. The predicted octanol–water partition coefficient (Wildman–Crippen LogP) is 6.61. The van der Waals surface area contributed by atoms with Crippen LogP contribution < -0.4 is 4.89 Å². The summed E-state index contributed by atoms with van der Waals surface area (Å²) in [6.45, 7) is 3.17. The Morgan fingerprint density at radius 2 is 1.08 bits per heavy atom. The summed E-state index contributed by atoms with van der Waals surface area (Å²) in [6.07, 6.45) is 23.2. The lowest BCUT2D eigenvalue weighted by Crippen LogP contribution is -2.37. The first-order chi connectivity index (χ1) is 17.2. The van der Waals surface area contributed by atoms with E-state index in [1.807, 2.05) is 21.1 Å². The highest BCUT2D eigenvalue weighted by Crippen LogP contribution is 2.38. The Kier molecular flexibility index (Phi) is 24.1. The summed E-state index contributed by atoms with van der Waals surface area (Å²) >= 11 is 0. The smallest absolute Gasteiger partial charge is 0.268 e. The third-order valence-corrected chi connectivity index (χ3v) is 7.35. The molecule has 36 heavy (non-hydrogen) atoms. The number of rotatable bonds is 28. The van der Waals surface area contributed by atoms with Gasteiger partial charge in [0, 0.05) is 6.61 Å². The van der Waals surface area contributed by atoms with E-state index >= 15 is 0 Å². The molecule has 218 valence electrons. The van der Waals surface area contributed by atoms with Crippen LogP contribution in [0.15, 0.2) is 0 Å². The van der Waals surface area contributed by atoms with Gasteiger partial charge in [-0.2, -0.15) is 0 Å². The highest BCUT2D eigenvalue weighted by atomic mass is 31.2. The molecule has 7 nitrogen and oxygen atoms in total. The van der Waals surface area contributed by atoms with E-state index in [-0.39, 0.29) is 19.8 Å². The van der Waals surface area contributed by atoms with Crippen LogP contribution in [0.4, 0.5) is 0 Å². The molecule has 0 aromatic heterocycles. The van der Waals surface area contributed by atoms with E-state index in [1.54, 1.807) is 0 Å². The number of quaternary nitrogens is 1. The maximum absolute atomic E-state index is 11.7. The zero-order valence-corrected chi connectivity index (χ0v) is 25.1. The van der Waals surface area contributed by atoms with E-state index < -0.39 is 13.9 Å². The van der Waals surface area contributed by atoms with Gasteiger partial charge in [-0.05, 0) is 6.42 Å². The second-order valence-electron chi connectivity index (χ2n) is 11.3. The molecule has 0 aliphatic carbocycles. The van der Waals surface area contributed by atoms with Crippen molar-refractivity contribution in [3.8, 4) is 0 Å². The van der Waals surface area contributed by atoms with Gasteiger partial charge in [0.05, 0.1) is 34.4 Å². The minimum Gasteiger partial charge on any atom is -0.756 e. The van der Waals surface area contributed by atoms with Crippen molar-refractivity contribution in [1.82, 2.24) is 0 Å². The fourth-order valence-electron chi connectivity index (χ4n) is 4.01. The number of nitrogens with zero attached hydrogens (tertiary/aromatic N) is 1. The molecule has 0 radical (unpaired) electrons. The normalized spacial score (nSPS) is 14.7. The fraction of sp³-hybridized carbons (Fsp3) is 1.00. The molecule has 2 unspecified atom stereocenters. The van der Waals surface area contributed by atoms with Gasteiger partial charge in [-0.3, -0.25) is 4.57 Å². The van der Waals surface area contributed by atoms with Gasteiger partial charge in [0.25, 0.3) is 7.82 Å². The van der Waals surface area contributed by atoms with Gasteiger partial charge >= 0.3 is 0 Å². The molecule has 0 saturated carbocycles. The number of hydrogen-bond donors (Lipinski definition) is 1. The number of hydrogen-bond acceptors (Lipinski definition) is 6. The van der Waals surface area contributed by atoms with Crippen LogP contribution in [0.3, 0.4) is 0 Å². The minimum absolute atomic E-state index is 0.0518. The molecule has 8 heteroatoms. The summed E-state index contributed by atoms with van der Waals surface area (Å²) in [5.41, 5.74) is 0. The van der Waals surface area contributed by atoms with Crippen LogP contribution in [0.25, 0.3) is 0 Å². The molecular weight excluding hydrogens is 477 g/mol. The molecule has 1 N–H and O–H groups in total. The molecule has 0 aromatic rings. The number of likely N-dealkylation sites (N-methyl/N-ethyl adjacent to an activating group) is 1. The monoisotopic (exact) mass is 537 g/mol. The van der Waals surface area contributed by atoms with Gasteiger partial charge in [-0.25, -0.2) is 0 Å². The topological polar surface area (TPSA) is 88.0 Å². The largest absolute Gasteiger partial charge is 0.756 e. The van der Waals surface area contributed by atoms with Crippen molar-refractivity contribution in [2.24, 2.45) is 0 Å². The first-order valence-electron chi connectivity index (χ1n) is 14.8. The molecule has 2 atom stereocenters. The fourth-order valence-corrected chi connectivity index (χ4v) is 4.75. The SMILES string of the molecule is CCCCCCCCCCCCCCCCCCCCOCC(O)COP(=O)([O-])OCC[N+](C)(C)C. The first-order valence-corrected chi connectivity index (χ1v) is 16.3. The lowest BCUT2D eigenvalue weighted by molar-refractivity contribution is -0.870. The lowest BCUT2D eigenvalue weighted by Gasteiger charge is -2.27. The Hall–Kier alpha value is -0.0100. The molecule has 0 aliphatic rings. The Morgan fingerprint density at radius 3 is 1.50 bits per heavy atom. The van der Waals surface area contributed by atoms with Crippen LogP contribution >= 0.6 is 7.82 Å². The highest BCUT2D eigenvalue weighted by Gasteiger charge is 2.15. The van der Waals surface area contributed by atoms with E-state index in [2.05, 4.69) is 6.92 Å². The number of unbranched alkanes of at least 4 members (excludes halogenated alkanes) is 17. The minimum atomic E-state index is -4.39.